The number of thioether (sulfide) groups is 1. The maximum absolute atomic E-state index is 13.2. The van der Waals surface area contributed by atoms with Gasteiger partial charge in [0.15, 0.2) is 10.0 Å². The summed E-state index contributed by atoms with van der Waals surface area (Å²) in [6, 6.07) is 13.1. The van der Waals surface area contributed by atoms with E-state index in [9.17, 15) is 9.59 Å². The molecule has 1 unspecified atom stereocenters. The molecule has 0 spiro atoms. The van der Waals surface area contributed by atoms with Gasteiger partial charge >= 0.3 is 0 Å². The van der Waals surface area contributed by atoms with Crippen molar-refractivity contribution in [3.05, 3.63) is 47.5 Å². The van der Waals surface area contributed by atoms with E-state index in [1.807, 2.05) is 36.4 Å². The zero-order valence-electron chi connectivity index (χ0n) is 13.4. The molecule has 0 radical (unpaired) electrons. The lowest BCUT2D eigenvalue weighted by Gasteiger charge is -2.29. The number of thiazole rings is 1. The van der Waals surface area contributed by atoms with E-state index in [1.165, 1.54) is 23.1 Å². The summed E-state index contributed by atoms with van der Waals surface area (Å²) >= 11 is 8.84. The van der Waals surface area contributed by atoms with Crippen LogP contribution in [0, 0.1) is 0 Å². The quantitative estimate of drug-likeness (QED) is 0.685. The predicted octanol–water partition coefficient (Wildman–Crippen LogP) is 4.52. The number of benzene rings is 2. The lowest BCUT2D eigenvalue weighted by molar-refractivity contribution is -0.121. The summed E-state index contributed by atoms with van der Waals surface area (Å²) in [6.07, 6.45) is 0.845. The SMILES string of the molecule is O=C1CCC2(C(=O)Nc3nc4ccc(Cl)cc4s3)Sc3ccccc3N12. The number of rotatable bonds is 2. The third-order valence-corrected chi connectivity index (χ3v) is 7.24. The molecule has 1 aromatic heterocycles. The van der Waals surface area contributed by atoms with Gasteiger partial charge in [-0.25, -0.2) is 4.98 Å². The second-order valence-electron chi connectivity index (χ2n) is 6.17. The maximum Gasteiger partial charge on any atom is 0.263 e. The normalized spacial score (nSPS) is 21.1. The van der Waals surface area contributed by atoms with E-state index in [-0.39, 0.29) is 11.8 Å². The van der Waals surface area contributed by atoms with Crippen molar-refractivity contribution in [2.45, 2.75) is 22.6 Å². The van der Waals surface area contributed by atoms with Gasteiger partial charge in [-0.15, -0.1) is 0 Å². The predicted molar refractivity (Wildman–Crippen MR) is 105 cm³/mol. The highest BCUT2D eigenvalue weighted by Gasteiger charge is 2.57. The van der Waals surface area contributed by atoms with Crippen LogP contribution in [-0.4, -0.2) is 21.7 Å². The van der Waals surface area contributed by atoms with Crippen LogP contribution in [0.2, 0.25) is 5.02 Å². The van der Waals surface area contributed by atoms with Crippen molar-refractivity contribution in [3.63, 3.8) is 0 Å². The number of para-hydroxylation sites is 1. The van der Waals surface area contributed by atoms with Crippen LogP contribution in [0.25, 0.3) is 10.2 Å². The fraction of sp³-hybridized carbons (Fsp3) is 0.167. The van der Waals surface area contributed by atoms with Crippen molar-refractivity contribution in [2.75, 3.05) is 10.2 Å². The Labute approximate surface area is 162 Å². The standard InChI is InChI=1S/C18H12ClN3O2S2/c19-10-5-6-11-14(9-10)25-17(20-11)21-16(24)18-8-7-15(23)22(18)12-3-1-2-4-13(12)26-18/h1-6,9H,7-8H2,(H,20,21,24). The third kappa shape index (κ3) is 2.27. The van der Waals surface area contributed by atoms with Crippen LogP contribution in [0.3, 0.4) is 0 Å². The van der Waals surface area contributed by atoms with Gasteiger partial charge in [0.1, 0.15) is 0 Å². The van der Waals surface area contributed by atoms with E-state index in [1.54, 1.807) is 11.0 Å². The molecule has 0 saturated carbocycles. The fourth-order valence-corrected chi connectivity index (χ4v) is 6.00. The zero-order chi connectivity index (χ0) is 17.9. The molecule has 2 amide bonds. The number of hydrogen-bond donors (Lipinski definition) is 1. The number of nitrogens with zero attached hydrogens (tertiary/aromatic N) is 2. The second-order valence-corrected chi connectivity index (χ2v) is 8.95. The molecule has 1 atom stereocenters. The molecule has 5 nitrogen and oxygen atoms in total. The molecule has 1 fully saturated rings. The first-order valence-electron chi connectivity index (χ1n) is 8.05. The number of carbonyl (C=O) groups excluding carboxylic acids is 2. The van der Waals surface area contributed by atoms with Gasteiger partial charge in [0.2, 0.25) is 5.91 Å². The molecule has 3 heterocycles. The average Bonchev–Trinajstić information content (AvgIpc) is 3.26. The summed E-state index contributed by atoms with van der Waals surface area (Å²) in [5, 5.41) is 4.06. The highest BCUT2D eigenvalue weighted by atomic mass is 35.5. The Morgan fingerprint density at radius 1 is 1.27 bits per heavy atom. The molecule has 5 rings (SSSR count). The number of hydrogen-bond acceptors (Lipinski definition) is 5. The Bertz CT molecular complexity index is 1080. The highest BCUT2D eigenvalue weighted by Crippen LogP contribution is 2.56. The van der Waals surface area contributed by atoms with Crippen LogP contribution in [0.4, 0.5) is 10.8 Å². The summed E-state index contributed by atoms with van der Waals surface area (Å²) in [6.45, 7) is 0. The number of nitrogens with one attached hydrogen (secondary N) is 1. The first-order chi connectivity index (χ1) is 12.6. The molecule has 8 heteroatoms. The maximum atomic E-state index is 13.2. The van der Waals surface area contributed by atoms with Gasteiger partial charge in [0.25, 0.3) is 5.91 Å². The van der Waals surface area contributed by atoms with Crippen LogP contribution in [-0.2, 0) is 9.59 Å². The summed E-state index contributed by atoms with van der Waals surface area (Å²) < 4.78 is 0.909. The minimum absolute atomic E-state index is 0.0197. The van der Waals surface area contributed by atoms with E-state index in [2.05, 4.69) is 10.3 Å². The highest BCUT2D eigenvalue weighted by molar-refractivity contribution is 8.02. The topological polar surface area (TPSA) is 62.3 Å². The monoisotopic (exact) mass is 401 g/mol. The number of aromatic nitrogens is 1. The van der Waals surface area contributed by atoms with Gasteiger partial charge in [-0.05, 0) is 36.8 Å². The van der Waals surface area contributed by atoms with Crippen molar-refractivity contribution in [2.24, 2.45) is 0 Å². The number of amides is 2. The molecule has 0 aliphatic carbocycles. The van der Waals surface area contributed by atoms with E-state index >= 15 is 0 Å². The minimum atomic E-state index is -0.934. The molecular weight excluding hydrogens is 390 g/mol. The molecule has 3 aromatic rings. The molecule has 26 heavy (non-hydrogen) atoms. The Morgan fingerprint density at radius 2 is 2.12 bits per heavy atom. The van der Waals surface area contributed by atoms with Crippen molar-refractivity contribution in [3.8, 4) is 0 Å². The van der Waals surface area contributed by atoms with Crippen LogP contribution >= 0.6 is 34.7 Å². The van der Waals surface area contributed by atoms with E-state index in [4.69, 9.17) is 11.6 Å². The lowest BCUT2D eigenvalue weighted by atomic mass is 10.2. The van der Waals surface area contributed by atoms with Crippen molar-refractivity contribution < 1.29 is 9.59 Å². The van der Waals surface area contributed by atoms with Crippen LogP contribution in [0.5, 0.6) is 0 Å². The Kier molecular flexibility index (Phi) is 3.53. The fourth-order valence-electron chi connectivity index (χ4n) is 3.45. The van der Waals surface area contributed by atoms with Crippen molar-refractivity contribution >= 4 is 67.5 Å². The van der Waals surface area contributed by atoms with E-state index in [0.717, 1.165) is 20.8 Å². The third-order valence-electron chi connectivity index (χ3n) is 4.60. The molecular formula is C18H12ClN3O2S2. The molecule has 1 N–H and O–H groups in total. The van der Waals surface area contributed by atoms with Crippen LogP contribution in [0.1, 0.15) is 12.8 Å². The second kappa shape index (κ2) is 5.70. The molecule has 1 saturated heterocycles. The smallest absolute Gasteiger partial charge is 0.263 e. The van der Waals surface area contributed by atoms with Gasteiger partial charge in [-0.3, -0.25) is 19.8 Å². The number of fused-ring (bicyclic) bond motifs is 4. The van der Waals surface area contributed by atoms with Gasteiger partial charge < -0.3 is 0 Å². The molecule has 2 aliphatic heterocycles. The number of anilines is 2. The average molecular weight is 402 g/mol. The van der Waals surface area contributed by atoms with Crippen LogP contribution in [0.15, 0.2) is 47.4 Å². The summed E-state index contributed by atoms with van der Waals surface area (Å²) in [5.41, 5.74) is 1.60. The van der Waals surface area contributed by atoms with Gasteiger partial charge in [0, 0.05) is 16.3 Å². The lowest BCUT2D eigenvalue weighted by Crippen LogP contribution is -2.49. The first kappa shape index (κ1) is 16.1. The molecule has 130 valence electrons. The van der Waals surface area contributed by atoms with Crippen molar-refractivity contribution in [1.29, 1.82) is 0 Å². The first-order valence-corrected chi connectivity index (χ1v) is 10.1. The molecule has 0 bridgehead atoms. The Morgan fingerprint density at radius 3 is 3.00 bits per heavy atom. The van der Waals surface area contributed by atoms with E-state index in [0.29, 0.717) is 23.0 Å². The number of halogens is 1. The molecule has 2 aromatic carbocycles. The largest absolute Gasteiger partial charge is 0.299 e. The summed E-state index contributed by atoms with van der Waals surface area (Å²) in [4.78, 5) is 31.8. The van der Waals surface area contributed by atoms with Gasteiger partial charge in [-0.1, -0.05) is 46.8 Å². The van der Waals surface area contributed by atoms with Gasteiger partial charge in [-0.2, -0.15) is 0 Å². The zero-order valence-corrected chi connectivity index (χ0v) is 15.7. The minimum Gasteiger partial charge on any atom is -0.299 e. The molecule has 2 aliphatic rings. The van der Waals surface area contributed by atoms with Crippen LogP contribution < -0.4 is 10.2 Å². The van der Waals surface area contributed by atoms with E-state index < -0.39 is 4.87 Å². The Balaban J connectivity index is 1.50. The van der Waals surface area contributed by atoms with Crippen molar-refractivity contribution in [1.82, 2.24) is 4.98 Å². The van der Waals surface area contributed by atoms with Gasteiger partial charge in [0.05, 0.1) is 15.9 Å². The Hall–Kier alpha value is -2.09. The number of carbonyl (C=O) groups is 2. The summed E-state index contributed by atoms with van der Waals surface area (Å²) in [7, 11) is 0. The summed E-state index contributed by atoms with van der Waals surface area (Å²) in [5.74, 6) is -0.233.